The van der Waals surface area contributed by atoms with Gasteiger partial charge in [0.1, 0.15) is 18.9 Å². The molecule has 0 fully saturated rings. The molecule has 1 N–H and O–H groups in total. The van der Waals surface area contributed by atoms with E-state index in [2.05, 4.69) is 41.4 Å². The van der Waals surface area contributed by atoms with E-state index in [0.29, 0.717) is 0 Å². The molecule has 3 heteroatoms. The first-order valence-electron chi connectivity index (χ1n) is 4.52. The van der Waals surface area contributed by atoms with Gasteiger partial charge in [-0.3, -0.25) is 0 Å². The van der Waals surface area contributed by atoms with Crippen molar-refractivity contribution in [2.75, 3.05) is 0 Å². The average molecular weight is 182 g/mol. The first kappa shape index (κ1) is 11.9. The van der Waals surface area contributed by atoms with Crippen LogP contribution in [0.1, 0.15) is 19.8 Å². The molecule has 0 spiro atoms. The smallest absolute Gasteiger partial charge is 0.244 e. The summed E-state index contributed by atoms with van der Waals surface area (Å²) >= 11 is 0. The van der Waals surface area contributed by atoms with Gasteiger partial charge in [0.05, 0.1) is 6.54 Å². The van der Waals surface area contributed by atoms with Gasteiger partial charge >= 0.3 is 0 Å². The van der Waals surface area contributed by atoms with Crippen LogP contribution in [0, 0.1) is 0 Å². The highest BCUT2D eigenvalue weighted by Crippen LogP contribution is 1.88. The molecule has 0 aromatic carbocycles. The predicted octanol–water partition coefficient (Wildman–Crippen LogP) is 1.58. The van der Waals surface area contributed by atoms with E-state index in [1.807, 2.05) is 6.08 Å². The number of aromatic nitrogens is 2. The number of unbranched alkanes of at least 4 members (excludes halogenated alkanes) is 1. The Morgan fingerprint density at radius 2 is 2.31 bits per heavy atom. The first-order valence-corrected chi connectivity index (χ1v) is 4.52. The zero-order valence-corrected chi connectivity index (χ0v) is 8.19. The molecule has 1 heterocycles. The summed E-state index contributed by atoms with van der Waals surface area (Å²) < 4.78 is 4.34. The lowest BCUT2D eigenvalue weighted by molar-refractivity contribution is -0.696. The number of hydrogen-bond donors (Lipinski definition) is 0. The van der Waals surface area contributed by atoms with E-state index in [-0.39, 0.29) is 5.48 Å². The topological polar surface area (TPSA) is 38.8 Å². The second-order valence-corrected chi connectivity index (χ2v) is 2.99. The van der Waals surface area contributed by atoms with Crippen LogP contribution in [0.25, 0.3) is 0 Å². The zero-order valence-electron chi connectivity index (χ0n) is 8.19. The maximum Gasteiger partial charge on any atom is 0.244 e. The Balaban J connectivity index is 0.00000144. The highest BCUT2D eigenvalue weighted by Gasteiger charge is 1.99. The zero-order chi connectivity index (χ0) is 8.81. The van der Waals surface area contributed by atoms with Crippen molar-refractivity contribution >= 4 is 0 Å². The van der Waals surface area contributed by atoms with Crippen LogP contribution >= 0.6 is 0 Å². The van der Waals surface area contributed by atoms with Crippen LogP contribution in [0.15, 0.2) is 31.4 Å². The maximum absolute atomic E-state index is 3.70. The highest BCUT2D eigenvalue weighted by atomic mass is 16.0. The number of allylic oxidation sites excluding steroid dienone is 1. The lowest BCUT2D eigenvalue weighted by Crippen LogP contribution is -2.30. The van der Waals surface area contributed by atoms with Crippen LogP contribution in [0.3, 0.4) is 0 Å². The minimum Gasteiger partial charge on any atom is -0.870 e. The van der Waals surface area contributed by atoms with Crippen molar-refractivity contribution in [1.29, 1.82) is 0 Å². The number of aryl methyl sites for hydroxylation is 1. The molecular formula is C10H18N2O. The Hall–Kier alpha value is -1.09. The van der Waals surface area contributed by atoms with Gasteiger partial charge in [0.25, 0.3) is 0 Å². The second-order valence-electron chi connectivity index (χ2n) is 2.99. The van der Waals surface area contributed by atoms with E-state index in [9.17, 15) is 0 Å². The highest BCUT2D eigenvalue weighted by molar-refractivity contribution is 4.73. The maximum atomic E-state index is 3.70. The SMILES string of the molecule is C=CCn1cc[n+](CCCC)c1.[OH-]. The molecule has 1 aromatic heterocycles. The van der Waals surface area contributed by atoms with E-state index in [1.165, 1.54) is 12.8 Å². The monoisotopic (exact) mass is 182 g/mol. The fraction of sp³-hybridized carbons (Fsp3) is 0.500. The molecule has 0 aliphatic rings. The van der Waals surface area contributed by atoms with Crippen molar-refractivity contribution in [2.45, 2.75) is 32.9 Å². The normalized spacial score (nSPS) is 9.31. The van der Waals surface area contributed by atoms with Crippen molar-refractivity contribution in [3.63, 3.8) is 0 Å². The standard InChI is InChI=1S/C10H17N2.H2O/c1-3-5-7-12-9-8-11(10-12)6-4-2;/h4,8-10H,2-3,5-7H2,1H3;1H2/q+1;/p-1. The molecule has 0 aliphatic heterocycles. The lowest BCUT2D eigenvalue weighted by atomic mass is 10.3. The van der Waals surface area contributed by atoms with Gasteiger partial charge in [-0.15, -0.1) is 0 Å². The third-order valence-corrected chi connectivity index (χ3v) is 1.86. The van der Waals surface area contributed by atoms with E-state index in [1.54, 1.807) is 0 Å². The molecule has 3 nitrogen and oxygen atoms in total. The molecule has 0 amide bonds. The summed E-state index contributed by atoms with van der Waals surface area (Å²) in [5, 5.41) is 0. The van der Waals surface area contributed by atoms with Gasteiger partial charge < -0.3 is 5.48 Å². The van der Waals surface area contributed by atoms with Crippen LogP contribution in [0.2, 0.25) is 0 Å². The number of imidazole rings is 1. The number of rotatable bonds is 5. The Morgan fingerprint density at radius 1 is 1.54 bits per heavy atom. The van der Waals surface area contributed by atoms with Crippen molar-refractivity contribution < 1.29 is 10.0 Å². The van der Waals surface area contributed by atoms with Crippen LogP contribution in [-0.4, -0.2) is 10.0 Å². The lowest BCUT2D eigenvalue weighted by Gasteiger charge is -1.91. The largest absolute Gasteiger partial charge is 0.870 e. The Labute approximate surface area is 79.6 Å². The van der Waals surface area contributed by atoms with Gasteiger partial charge in [-0.1, -0.05) is 26.0 Å². The van der Waals surface area contributed by atoms with Gasteiger partial charge in [0.2, 0.25) is 6.33 Å². The molecule has 1 aromatic rings. The van der Waals surface area contributed by atoms with E-state index >= 15 is 0 Å². The van der Waals surface area contributed by atoms with Crippen LogP contribution in [0.4, 0.5) is 0 Å². The van der Waals surface area contributed by atoms with Gasteiger partial charge in [-0.05, 0) is 6.42 Å². The third kappa shape index (κ3) is 3.90. The molecule has 74 valence electrons. The molecule has 0 atom stereocenters. The molecule has 0 aliphatic carbocycles. The van der Waals surface area contributed by atoms with E-state index in [0.717, 1.165) is 13.1 Å². The molecule has 0 saturated carbocycles. The van der Waals surface area contributed by atoms with Gasteiger partial charge in [0.15, 0.2) is 0 Å². The Morgan fingerprint density at radius 3 is 2.92 bits per heavy atom. The minimum atomic E-state index is 0. The number of nitrogens with zero attached hydrogens (tertiary/aromatic N) is 2. The van der Waals surface area contributed by atoms with Gasteiger partial charge in [-0.2, -0.15) is 0 Å². The molecular weight excluding hydrogens is 164 g/mol. The second kappa shape index (κ2) is 6.43. The van der Waals surface area contributed by atoms with Crippen molar-refractivity contribution in [2.24, 2.45) is 0 Å². The summed E-state index contributed by atoms with van der Waals surface area (Å²) in [4.78, 5) is 0. The summed E-state index contributed by atoms with van der Waals surface area (Å²) in [6.45, 7) is 7.93. The fourth-order valence-electron chi connectivity index (χ4n) is 1.17. The summed E-state index contributed by atoms with van der Waals surface area (Å²) in [5.74, 6) is 0. The summed E-state index contributed by atoms with van der Waals surface area (Å²) in [6, 6.07) is 0. The average Bonchev–Trinajstić information content (AvgIpc) is 2.50. The van der Waals surface area contributed by atoms with Crippen molar-refractivity contribution in [3.8, 4) is 0 Å². The molecule has 0 saturated heterocycles. The molecule has 0 bridgehead atoms. The first-order chi connectivity index (χ1) is 5.86. The summed E-state index contributed by atoms with van der Waals surface area (Å²) in [5.41, 5.74) is 0. The van der Waals surface area contributed by atoms with Crippen molar-refractivity contribution in [3.05, 3.63) is 31.4 Å². The molecule has 13 heavy (non-hydrogen) atoms. The van der Waals surface area contributed by atoms with Crippen LogP contribution < -0.4 is 4.57 Å². The predicted molar refractivity (Wildman–Crippen MR) is 51.7 cm³/mol. The Bertz CT molecular complexity index is 243. The minimum absolute atomic E-state index is 0. The Kier molecular flexibility index (Phi) is 5.89. The molecule has 0 radical (unpaired) electrons. The quantitative estimate of drug-likeness (QED) is 0.503. The van der Waals surface area contributed by atoms with Crippen LogP contribution in [-0.2, 0) is 13.1 Å². The molecule has 0 unspecified atom stereocenters. The van der Waals surface area contributed by atoms with Gasteiger partial charge in [0, 0.05) is 0 Å². The van der Waals surface area contributed by atoms with Crippen LogP contribution in [0.5, 0.6) is 0 Å². The van der Waals surface area contributed by atoms with E-state index < -0.39 is 0 Å². The number of hydrogen-bond acceptors (Lipinski definition) is 1. The third-order valence-electron chi connectivity index (χ3n) is 1.86. The van der Waals surface area contributed by atoms with Gasteiger partial charge in [-0.25, -0.2) is 9.13 Å². The fourth-order valence-corrected chi connectivity index (χ4v) is 1.17. The summed E-state index contributed by atoms with van der Waals surface area (Å²) in [7, 11) is 0. The van der Waals surface area contributed by atoms with Crippen molar-refractivity contribution in [1.82, 2.24) is 4.57 Å². The summed E-state index contributed by atoms with van der Waals surface area (Å²) in [6.07, 6.45) is 10.7. The molecule has 1 rings (SSSR count). The van der Waals surface area contributed by atoms with E-state index in [4.69, 9.17) is 0 Å².